The molecule has 1 atom stereocenters. The Labute approximate surface area is 173 Å². The predicted octanol–water partition coefficient (Wildman–Crippen LogP) is 4.68. The predicted molar refractivity (Wildman–Crippen MR) is 120 cm³/mol. The first-order valence-corrected chi connectivity index (χ1v) is 11.3. The molecule has 152 valence electrons. The minimum absolute atomic E-state index is 0.182. The van der Waals surface area contributed by atoms with E-state index in [4.69, 9.17) is 4.99 Å². The Morgan fingerprint density at radius 2 is 2.04 bits per heavy atom. The van der Waals surface area contributed by atoms with E-state index in [1.165, 1.54) is 42.2 Å². The van der Waals surface area contributed by atoms with Crippen LogP contribution >= 0.6 is 11.3 Å². The second kappa shape index (κ2) is 9.92. The van der Waals surface area contributed by atoms with Gasteiger partial charge in [0.15, 0.2) is 5.96 Å². The number of thiazole rings is 1. The summed E-state index contributed by atoms with van der Waals surface area (Å²) in [7, 11) is 0. The Kier molecular flexibility index (Phi) is 7.31. The summed E-state index contributed by atoms with van der Waals surface area (Å²) in [4.78, 5) is 11.9. The van der Waals surface area contributed by atoms with Gasteiger partial charge in [-0.3, -0.25) is 0 Å². The molecular weight excluding hydrogens is 366 g/mol. The van der Waals surface area contributed by atoms with Crippen LogP contribution in [0.15, 0.2) is 34.6 Å². The van der Waals surface area contributed by atoms with Crippen LogP contribution in [0.3, 0.4) is 0 Å². The average molecular weight is 400 g/mol. The summed E-state index contributed by atoms with van der Waals surface area (Å²) in [6.07, 6.45) is 2.59. The maximum atomic E-state index is 4.75. The fraction of sp³-hybridized carbons (Fsp3) is 0.545. The van der Waals surface area contributed by atoms with E-state index in [0.717, 1.165) is 18.2 Å². The Morgan fingerprint density at radius 3 is 2.71 bits per heavy atom. The van der Waals surface area contributed by atoms with Crippen LogP contribution in [0, 0.1) is 0 Å². The topological polar surface area (TPSA) is 52.6 Å². The van der Waals surface area contributed by atoms with Gasteiger partial charge in [0.25, 0.3) is 0 Å². The van der Waals surface area contributed by atoms with Crippen molar-refractivity contribution in [1.29, 1.82) is 0 Å². The molecule has 2 heterocycles. The molecule has 2 aromatic rings. The fourth-order valence-electron chi connectivity index (χ4n) is 3.40. The lowest BCUT2D eigenvalue weighted by molar-refractivity contribution is 0.685. The number of hydrogen-bond donors (Lipinski definition) is 2. The van der Waals surface area contributed by atoms with Gasteiger partial charge in [0, 0.05) is 36.6 Å². The Morgan fingerprint density at radius 1 is 1.25 bits per heavy atom. The van der Waals surface area contributed by atoms with E-state index >= 15 is 0 Å². The van der Waals surface area contributed by atoms with Crippen LogP contribution in [0.5, 0.6) is 0 Å². The van der Waals surface area contributed by atoms with Crippen LogP contribution in [-0.4, -0.2) is 30.6 Å². The molecule has 2 N–H and O–H groups in total. The van der Waals surface area contributed by atoms with Crippen molar-refractivity contribution in [1.82, 2.24) is 15.6 Å². The van der Waals surface area contributed by atoms with Crippen LogP contribution in [0.2, 0.25) is 0 Å². The van der Waals surface area contributed by atoms with Crippen molar-refractivity contribution in [3.05, 3.63) is 45.9 Å². The van der Waals surface area contributed by atoms with Crippen LogP contribution in [0.25, 0.3) is 0 Å². The molecule has 1 fully saturated rings. The van der Waals surface area contributed by atoms with Crippen molar-refractivity contribution in [2.75, 3.05) is 24.5 Å². The van der Waals surface area contributed by atoms with Crippen molar-refractivity contribution in [3.63, 3.8) is 0 Å². The number of benzene rings is 1. The molecule has 0 radical (unpaired) electrons. The monoisotopic (exact) mass is 399 g/mol. The number of hydrogen-bond acceptors (Lipinski definition) is 4. The Hall–Kier alpha value is -2.08. The van der Waals surface area contributed by atoms with Gasteiger partial charge >= 0.3 is 0 Å². The fourth-order valence-corrected chi connectivity index (χ4v) is 4.22. The Balaban J connectivity index is 1.66. The molecule has 0 aliphatic carbocycles. The van der Waals surface area contributed by atoms with Gasteiger partial charge in [0.2, 0.25) is 0 Å². The number of aromatic nitrogens is 1. The maximum absolute atomic E-state index is 4.75. The largest absolute Gasteiger partial charge is 0.372 e. The first-order chi connectivity index (χ1) is 13.6. The summed E-state index contributed by atoms with van der Waals surface area (Å²) >= 11 is 1.72. The lowest BCUT2D eigenvalue weighted by atomic mass is 10.1. The maximum Gasteiger partial charge on any atom is 0.192 e. The second-order valence-electron chi connectivity index (χ2n) is 7.68. The zero-order valence-corrected chi connectivity index (χ0v) is 18.4. The highest BCUT2D eigenvalue weighted by Crippen LogP contribution is 2.24. The van der Waals surface area contributed by atoms with Crippen molar-refractivity contribution in [2.24, 2.45) is 4.99 Å². The Bertz CT molecular complexity index is 777. The van der Waals surface area contributed by atoms with E-state index in [1.54, 1.807) is 11.3 Å². The van der Waals surface area contributed by atoms with E-state index in [0.29, 0.717) is 12.5 Å². The van der Waals surface area contributed by atoms with E-state index in [9.17, 15) is 0 Å². The summed E-state index contributed by atoms with van der Waals surface area (Å²) in [6.45, 7) is 12.4. The molecule has 1 unspecified atom stereocenters. The SMILES string of the molecule is CCNC(=NCc1csc(C(C)C)n1)NC(C)c1cccc(N2CCCC2)c1. The van der Waals surface area contributed by atoms with Gasteiger partial charge in [-0.15, -0.1) is 11.3 Å². The van der Waals surface area contributed by atoms with Crippen LogP contribution in [-0.2, 0) is 6.54 Å². The number of rotatable bonds is 7. The molecule has 1 saturated heterocycles. The summed E-state index contributed by atoms with van der Waals surface area (Å²) < 4.78 is 0. The zero-order valence-electron chi connectivity index (χ0n) is 17.5. The quantitative estimate of drug-likeness (QED) is 0.524. The molecule has 1 aliphatic rings. The standard InChI is InChI=1S/C22H33N5S/c1-5-23-22(24-14-19-15-28-21(26-19)16(2)3)25-17(4)18-9-8-10-20(13-18)27-11-6-7-12-27/h8-10,13,15-17H,5-7,11-12,14H2,1-4H3,(H2,23,24,25). The van der Waals surface area contributed by atoms with Crippen molar-refractivity contribution < 1.29 is 0 Å². The van der Waals surface area contributed by atoms with Crippen molar-refractivity contribution in [2.45, 2.75) is 59.0 Å². The number of aliphatic imine (C=N–C) groups is 1. The molecule has 6 heteroatoms. The third-order valence-corrected chi connectivity index (χ3v) is 6.20. The third-order valence-electron chi connectivity index (χ3n) is 5.00. The average Bonchev–Trinajstić information content (AvgIpc) is 3.38. The van der Waals surface area contributed by atoms with E-state index < -0.39 is 0 Å². The van der Waals surface area contributed by atoms with Gasteiger partial charge in [0.05, 0.1) is 23.3 Å². The third kappa shape index (κ3) is 5.47. The van der Waals surface area contributed by atoms with E-state index in [1.807, 2.05) is 0 Å². The van der Waals surface area contributed by atoms with Gasteiger partial charge in [-0.05, 0) is 44.4 Å². The van der Waals surface area contributed by atoms with Crippen LogP contribution in [0.1, 0.15) is 68.8 Å². The summed E-state index contributed by atoms with van der Waals surface area (Å²) in [5, 5.41) is 10.2. The highest BCUT2D eigenvalue weighted by atomic mass is 32.1. The smallest absolute Gasteiger partial charge is 0.192 e. The minimum atomic E-state index is 0.182. The van der Waals surface area contributed by atoms with Crippen molar-refractivity contribution in [3.8, 4) is 0 Å². The highest BCUT2D eigenvalue weighted by molar-refractivity contribution is 7.09. The molecule has 1 aliphatic heterocycles. The summed E-state index contributed by atoms with van der Waals surface area (Å²) in [5.41, 5.74) is 3.65. The van der Waals surface area contributed by atoms with Crippen LogP contribution < -0.4 is 15.5 Å². The van der Waals surface area contributed by atoms with Crippen LogP contribution in [0.4, 0.5) is 5.69 Å². The highest BCUT2D eigenvalue weighted by Gasteiger charge is 2.14. The molecule has 0 spiro atoms. The number of nitrogens with one attached hydrogen (secondary N) is 2. The van der Waals surface area contributed by atoms with Gasteiger partial charge in [0.1, 0.15) is 0 Å². The van der Waals surface area contributed by atoms with Crippen molar-refractivity contribution >= 4 is 23.0 Å². The number of nitrogens with zero attached hydrogens (tertiary/aromatic N) is 3. The molecule has 5 nitrogen and oxygen atoms in total. The van der Waals surface area contributed by atoms with Gasteiger partial charge < -0.3 is 15.5 Å². The normalized spacial score (nSPS) is 15.9. The molecule has 0 saturated carbocycles. The molecular formula is C22H33N5S. The summed E-state index contributed by atoms with van der Waals surface area (Å²) in [6, 6.07) is 9.06. The molecule has 3 rings (SSSR count). The molecule has 28 heavy (non-hydrogen) atoms. The molecule has 0 amide bonds. The van der Waals surface area contributed by atoms with E-state index in [-0.39, 0.29) is 6.04 Å². The van der Waals surface area contributed by atoms with E-state index in [2.05, 4.69) is 77.9 Å². The first kappa shape index (κ1) is 20.6. The van der Waals surface area contributed by atoms with Gasteiger partial charge in [-0.1, -0.05) is 26.0 Å². The first-order valence-electron chi connectivity index (χ1n) is 10.4. The number of anilines is 1. The lowest BCUT2D eigenvalue weighted by Crippen LogP contribution is -2.38. The summed E-state index contributed by atoms with van der Waals surface area (Å²) in [5.74, 6) is 1.30. The van der Waals surface area contributed by atoms with Gasteiger partial charge in [-0.2, -0.15) is 0 Å². The zero-order chi connectivity index (χ0) is 19.9. The second-order valence-corrected chi connectivity index (χ2v) is 8.57. The minimum Gasteiger partial charge on any atom is -0.372 e. The van der Waals surface area contributed by atoms with Gasteiger partial charge in [-0.25, -0.2) is 9.98 Å². The number of guanidine groups is 1. The molecule has 1 aromatic carbocycles. The lowest BCUT2D eigenvalue weighted by Gasteiger charge is -2.22. The molecule has 1 aromatic heterocycles. The molecule has 0 bridgehead atoms.